The first-order valence-corrected chi connectivity index (χ1v) is 11.1. The molecule has 0 radical (unpaired) electrons. The molecular formula is C25H22F5N3O4. The predicted octanol–water partition coefficient (Wildman–Crippen LogP) is 5.72. The highest BCUT2D eigenvalue weighted by Crippen LogP contribution is 2.50. The number of aromatic carboxylic acids is 1. The van der Waals surface area contributed by atoms with Gasteiger partial charge in [-0.05, 0) is 31.0 Å². The molecule has 3 aromatic rings. The van der Waals surface area contributed by atoms with Crippen molar-refractivity contribution >= 4 is 17.6 Å². The van der Waals surface area contributed by atoms with Crippen molar-refractivity contribution in [2.24, 2.45) is 0 Å². The van der Waals surface area contributed by atoms with Crippen molar-refractivity contribution in [3.63, 3.8) is 0 Å². The summed E-state index contributed by atoms with van der Waals surface area (Å²) >= 11 is 0. The number of anilines is 1. The van der Waals surface area contributed by atoms with Crippen LogP contribution in [-0.2, 0) is 15.6 Å². The van der Waals surface area contributed by atoms with Crippen LogP contribution in [0.2, 0.25) is 0 Å². The predicted molar refractivity (Wildman–Crippen MR) is 122 cm³/mol. The smallest absolute Gasteiger partial charge is 0.478 e. The van der Waals surface area contributed by atoms with E-state index in [1.165, 1.54) is 17.1 Å². The number of carbonyl (C=O) groups is 2. The number of hydrogen-bond donors (Lipinski definition) is 2. The molecule has 1 aliphatic rings. The van der Waals surface area contributed by atoms with Crippen LogP contribution in [0.5, 0.6) is 5.75 Å². The maximum absolute atomic E-state index is 15.2. The number of halogens is 5. The van der Waals surface area contributed by atoms with Crippen molar-refractivity contribution in [1.82, 2.24) is 9.55 Å². The van der Waals surface area contributed by atoms with E-state index < -0.39 is 46.6 Å². The Morgan fingerprint density at radius 2 is 1.76 bits per heavy atom. The molecule has 0 saturated heterocycles. The van der Waals surface area contributed by atoms with Gasteiger partial charge in [0.25, 0.3) is 0 Å². The van der Waals surface area contributed by atoms with Gasteiger partial charge in [-0.25, -0.2) is 18.6 Å². The molecule has 0 atom stereocenters. The normalized spacial score (nSPS) is 14.8. The highest BCUT2D eigenvalue weighted by Gasteiger charge is 2.53. The van der Waals surface area contributed by atoms with Gasteiger partial charge in [0.15, 0.2) is 0 Å². The van der Waals surface area contributed by atoms with E-state index in [2.05, 4.69) is 15.0 Å². The van der Waals surface area contributed by atoms with E-state index in [4.69, 9.17) is 0 Å². The lowest BCUT2D eigenvalue weighted by Crippen LogP contribution is -2.29. The highest BCUT2D eigenvalue weighted by molar-refractivity contribution is 6.02. The van der Waals surface area contributed by atoms with Gasteiger partial charge in [-0.3, -0.25) is 4.79 Å². The molecule has 1 aliphatic carbocycles. The minimum atomic E-state index is -5.01. The van der Waals surface area contributed by atoms with Gasteiger partial charge in [0.05, 0.1) is 28.7 Å². The van der Waals surface area contributed by atoms with Crippen molar-refractivity contribution in [2.45, 2.75) is 50.8 Å². The molecule has 1 saturated carbocycles. The number of hydrogen-bond acceptors (Lipinski definition) is 4. The van der Waals surface area contributed by atoms with Crippen LogP contribution in [-0.4, -0.2) is 32.9 Å². The molecule has 2 N–H and O–H groups in total. The average molecular weight is 523 g/mol. The Balaban J connectivity index is 1.63. The minimum Gasteiger partial charge on any atom is -0.478 e. The second-order valence-corrected chi connectivity index (χ2v) is 9.80. The van der Waals surface area contributed by atoms with Gasteiger partial charge in [-0.15, -0.1) is 13.2 Å². The van der Waals surface area contributed by atoms with E-state index in [-0.39, 0.29) is 35.2 Å². The summed E-state index contributed by atoms with van der Waals surface area (Å²) in [7, 11) is 0. The van der Waals surface area contributed by atoms with E-state index in [9.17, 15) is 32.3 Å². The van der Waals surface area contributed by atoms with Gasteiger partial charge in [0.2, 0.25) is 5.91 Å². The molecule has 7 nitrogen and oxygen atoms in total. The summed E-state index contributed by atoms with van der Waals surface area (Å²) in [6.45, 7) is 5.67. The number of alkyl halides is 3. The van der Waals surface area contributed by atoms with E-state index in [1.807, 2.05) is 20.8 Å². The lowest BCUT2D eigenvalue weighted by Gasteiger charge is -2.19. The fourth-order valence-electron chi connectivity index (χ4n) is 4.00. The summed E-state index contributed by atoms with van der Waals surface area (Å²) in [5.41, 5.74) is -2.22. The largest absolute Gasteiger partial charge is 0.573 e. The zero-order valence-corrected chi connectivity index (χ0v) is 19.9. The number of nitrogens with one attached hydrogen (secondary N) is 1. The van der Waals surface area contributed by atoms with Gasteiger partial charge < -0.3 is 19.7 Å². The van der Waals surface area contributed by atoms with Gasteiger partial charge in [-0.1, -0.05) is 26.8 Å². The Morgan fingerprint density at radius 3 is 2.27 bits per heavy atom. The lowest BCUT2D eigenvalue weighted by atomic mass is 9.93. The number of benzene rings is 2. The van der Waals surface area contributed by atoms with Crippen molar-refractivity contribution in [1.29, 1.82) is 0 Å². The van der Waals surface area contributed by atoms with Crippen molar-refractivity contribution in [2.75, 3.05) is 5.32 Å². The maximum atomic E-state index is 15.2. The Morgan fingerprint density at radius 1 is 1.08 bits per heavy atom. The highest BCUT2D eigenvalue weighted by atomic mass is 19.4. The number of aromatic nitrogens is 2. The second-order valence-electron chi connectivity index (χ2n) is 9.80. The molecule has 2 aromatic carbocycles. The van der Waals surface area contributed by atoms with Gasteiger partial charge in [0.1, 0.15) is 17.4 Å². The summed E-state index contributed by atoms with van der Waals surface area (Å²) in [6, 6.07) is 4.46. The number of carboxylic acid groups (broad SMARTS) is 1. The van der Waals surface area contributed by atoms with Crippen LogP contribution in [0, 0.1) is 11.6 Å². The molecule has 4 rings (SSSR count). The molecule has 196 valence electrons. The van der Waals surface area contributed by atoms with Crippen LogP contribution < -0.4 is 10.1 Å². The molecular weight excluding hydrogens is 501 g/mol. The SMILES string of the molecule is CC(C)(C)c1cn(-c2c(F)cc(NC(=O)C3(c4ccc(OC(F)(F)F)cc4F)CC3)cc2C(=O)O)cn1. The third-order valence-electron chi connectivity index (χ3n) is 6.04. The van der Waals surface area contributed by atoms with E-state index in [0.717, 1.165) is 24.3 Å². The summed E-state index contributed by atoms with van der Waals surface area (Å²) in [5, 5.41) is 12.1. The molecule has 12 heteroatoms. The molecule has 1 amide bonds. The van der Waals surface area contributed by atoms with Gasteiger partial charge in [0, 0.05) is 28.9 Å². The number of imidazole rings is 1. The Labute approximate surface area is 207 Å². The van der Waals surface area contributed by atoms with Gasteiger partial charge in [-0.2, -0.15) is 0 Å². The Kier molecular flexibility index (Phi) is 6.25. The van der Waals surface area contributed by atoms with E-state index in [0.29, 0.717) is 11.8 Å². The zero-order chi connectivity index (χ0) is 27.3. The summed E-state index contributed by atoms with van der Waals surface area (Å²) < 4.78 is 72.0. The Bertz CT molecular complexity index is 1390. The summed E-state index contributed by atoms with van der Waals surface area (Å²) in [5.74, 6) is -5.00. The number of nitrogens with zero attached hydrogens (tertiary/aromatic N) is 2. The third-order valence-corrected chi connectivity index (χ3v) is 6.04. The molecule has 0 spiro atoms. The number of carboxylic acids is 1. The van der Waals surface area contributed by atoms with Crippen LogP contribution in [0.1, 0.15) is 55.2 Å². The molecule has 0 unspecified atom stereocenters. The van der Waals surface area contributed by atoms with E-state index in [1.54, 1.807) is 0 Å². The van der Waals surface area contributed by atoms with Gasteiger partial charge >= 0.3 is 12.3 Å². The quantitative estimate of drug-likeness (QED) is 0.404. The third kappa shape index (κ3) is 5.27. The number of rotatable bonds is 6. The zero-order valence-electron chi connectivity index (χ0n) is 19.9. The molecule has 1 heterocycles. The van der Waals surface area contributed by atoms with Crippen LogP contribution in [0.25, 0.3) is 5.69 Å². The standard InChI is InChI=1S/C25H22F5N3O4/c1-23(2,3)19-11-33(12-31-19)20-15(21(34)35)8-13(9-18(20)27)32-22(36)24(6-7-24)16-5-4-14(10-17(16)26)37-25(28,29)30/h4-5,8-12H,6-7H2,1-3H3,(H,32,36)(H,34,35). The van der Waals surface area contributed by atoms with Crippen molar-refractivity contribution < 1.29 is 41.4 Å². The minimum absolute atomic E-state index is 0.150. The summed E-state index contributed by atoms with van der Waals surface area (Å²) in [6.07, 6.45) is -1.83. The molecule has 0 bridgehead atoms. The number of carbonyl (C=O) groups excluding carboxylic acids is 1. The van der Waals surface area contributed by atoms with Crippen LogP contribution >= 0.6 is 0 Å². The fraction of sp³-hybridized carbons (Fsp3) is 0.320. The molecule has 0 aliphatic heterocycles. The van der Waals surface area contributed by atoms with Crippen LogP contribution in [0.3, 0.4) is 0 Å². The first kappa shape index (κ1) is 26.1. The van der Waals surface area contributed by atoms with Crippen LogP contribution in [0.15, 0.2) is 42.9 Å². The first-order chi connectivity index (χ1) is 17.1. The summed E-state index contributed by atoms with van der Waals surface area (Å²) in [4.78, 5) is 29.2. The monoisotopic (exact) mass is 523 g/mol. The fourth-order valence-corrected chi connectivity index (χ4v) is 4.00. The molecule has 1 fully saturated rings. The first-order valence-electron chi connectivity index (χ1n) is 11.1. The lowest BCUT2D eigenvalue weighted by molar-refractivity contribution is -0.274. The second kappa shape index (κ2) is 8.86. The maximum Gasteiger partial charge on any atom is 0.573 e. The Hall–Kier alpha value is -3.96. The van der Waals surface area contributed by atoms with Crippen molar-refractivity contribution in [3.8, 4) is 11.4 Å². The number of ether oxygens (including phenoxy) is 1. The number of amides is 1. The topological polar surface area (TPSA) is 93.5 Å². The van der Waals surface area contributed by atoms with E-state index >= 15 is 4.39 Å². The molecule has 37 heavy (non-hydrogen) atoms. The average Bonchev–Trinajstić information content (AvgIpc) is 3.40. The molecule has 1 aromatic heterocycles. The van der Waals surface area contributed by atoms with Crippen LogP contribution in [0.4, 0.5) is 27.6 Å². The van der Waals surface area contributed by atoms with Crippen molar-refractivity contribution in [3.05, 3.63) is 71.3 Å².